The zero-order valence-electron chi connectivity index (χ0n) is 18.6. The molecule has 33 heavy (non-hydrogen) atoms. The van der Waals surface area contributed by atoms with Gasteiger partial charge in [0.15, 0.2) is 0 Å². The van der Waals surface area contributed by atoms with Crippen LogP contribution in [-0.2, 0) is 0 Å². The van der Waals surface area contributed by atoms with E-state index in [9.17, 15) is 9.59 Å². The van der Waals surface area contributed by atoms with Crippen LogP contribution in [0.15, 0.2) is 60.8 Å². The first-order valence-electron chi connectivity index (χ1n) is 9.97. The third-order valence-electron chi connectivity index (χ3n) is 4.54. The Morgan fingerprint density at radius 2 is 1.64 bits per heavy atom. The minimum Gasteiger partial charge on any atom is -0.497 e. The normalized spacial score (nSPS) is 11.0. The Labute approximate surface area is 202 Å². The van der Waals surface area contributed by atoms with Crippen molar-refractivity contribution in [2.24, 2.45) is 0 Å². The SMILES string of the molecule is COc1ccc(Oc2ncccc2C(=O)N(NC(=O)c2cc(Cl)ccc2Cl)C(C)(C)C)cc1. The number of hydrogen-bond acceptors (Lipinski definition) is 5. The van der Waals surface area contributed by atoms with Gasteiger partial charge in [-0.05, 0) is 75.4 Å². The van der Waals surface area contributed by atoms with Gasteiger partial charge in [0.1, 0.15) is 17.1 Å². The molecule has 0 atom stereocenters. The number of pyridine rings is 1. The first-order chi connectivity index (χ1) is 15.6. The molecule has 172 valence electrons. The second-order valence-electron chi connectivity index (χ2n) is 8.01. The summed E-state index contributed by atoms with van der Waals surface area (Å²) in [7, 11) is 1.57. The number of amides is 2. The topological polar surface area (TPSA) is 80.8 Å². The fraction of sp³-hybridized carbons (Fsp3) is 0.208. The lowest BCUT2D eigenvalue weighted by molar-refractivity contribution is 0.0356. The molecule has 0 aliphatic heterocycles. The van der Waals surface area contributed by atoms with Gasteiger partial charge in [-0.25, -0.2) is 9.99 Å². The van der Waals surface area contributed by atoms with Crippen LogP contribution in [0.4, 0.5) is 0 Å². The molecule has 9 heteroatoms. The fourth-order valence-electron chi connectivity index (χ4n) is 2.87. The number of nitrogens with zero attached hydrogens (tertiary/aromatic N) is 2. The molecule has 2 aromatic carbocycles. The molecule has 3 aromatic rings. The third-order valence-corrected chi connectivity index (χ3v) is 5.10. The molecule has 0 aliphatic carbocycles. The number of aromatic nitrogens is 1. The van der Waals surface area contributed by atoms with Gasteiger partial charge in [-0.15, -0.1) is 0 Å². The van der Waals surface area contributed by atoms with Gasteiger partial charge in [-0.2, -0.15) is 0 Å². The molecule has 7 nitrogen and oxygen atoms in total. The predicted molar refractivity (Wildman–Crippen MR) is 127 cm³/mol. The summed E-state index contributed by atoms with van der Waals surface area (Å²) in [6.07, 6.45) is 1.52. The molecular weight excluding hydrogens is 465 g/mol. The minimum absolute atomic E-state index is 0.0944. The van der Waals surface area contributed by atoms with Crippen molar-refractivity contribution in [3.8, 4) is 17.4 Å². The minimum atomic E-state index is -0.787. The second-order valence-corrected chi connectivity index (χ2v) is 8.85. The number of carbonyl (C=O) groups excluding carboxylic acids is 2. The van der Waals surface area contributed by atoms with Gasteiger partial charge in [0.05, 0.1) is 23.2 Å². The van der Waals surface area contributed by atoms with Crippen molar-refractivity contribution in [1.82, 2.24) is 15.4 Å². The van der Waals surface area contributed by atoms with E-state index in [1.165, 1.54) is 23.3 Å². The van der Waals surface area contributed by atoms with Gasteiger partial charge >= 0.3 is 0 Å². The van der Waals surface area contributed by atoms with Gasteiger partial charge < -0.3 is 9.47 Å². The Balaban J connectivity index is 1.91. The monoisotopic (exact) mass is 487 g/mol. The quantitative estimate of drug-likeness (QED) is 0.461. The third kappa shape index (κ3) is 5.94. The highest BCUT2D eigenvalue weighted by Crippen LogP contribution is 2.27. The van der Waals surface area contributed by atoms with Crippen LogP contribution in [0.3, 0.4) is 0 Å². The fourth-order valence-corrected chi connectivity index (χ4v) is 3.24. The summed E-state index contributed by atoms with van der Waals surface area (Å²) in [6.45, 7) is 5.35. The highest BCUT2D eigenvalue weighted by molar-refractivity contribution is 6.35. The van der Waals surface area contributed by atoms with E-state index in [2.05, 4.69) is 10.4 Å². The van der Waals surface area contributed by atoms with Crippen LogP contribution < -0.4 is 14.9 Å². The Bertz CT molecular complexity index is 1160. The maximum Gasteiger partial charge on any atom is 0.278 e. The van der Waals surface area contributed by atoms with E-state index in [1.54, 1.807) is 70.3 Å². The van der Waals surface area contributed by atoms with Crippen molar-refractivity contribution in [2.75, 3.05) is 7.11 Å². The summed E-state index contributed by atoms with van der Waals surface area (Å²) < 4.78 is 11.0. The molecule has 0 radical (unpaired) electrons. The van der Waals surface area contributed by atoms with Gasteiger partial charge in [-0.3, -0.25) is 15.0 Å². The van der Waals surface area contributed by atoms with E-state index in [4.69, 9.17) is 32.7 Å². The summed E-state index contributed by atoms with van der Waals surface area (Å²) >= 11 is 12.2. The summed E-state index contributed by atoms with van der Waals surface area (Å²) in [6, 6.07) is 14.6. The Hall–Kier alpha value is -3.29. The van der Waals surface area contributed by atoms with Gasteiger partial charge in [-0.1, -0.05) is 23.2 Å². The summed E-state index contributed by atoms with van der Waals surface area (Å²) in [4.78, 5) is 30.7. The maximum atomic E-state index is 13.5. The van der Waals surface area contributed by atoms with Crippen LogP contribution >= 0.6 is 23.2 Å². The van der Waals surface area contributed by atoms with Crippen molar-refractivity contribution in [1.29, 1.82) is 0 Å². The number of nitrogens with one attached hydrogen (secondary N) is 1. The molecule has 0 bridgehead atoms. The first kappa shape index (κ1) is 24.4. The highest BCUT2D eigenvalue weighted by Gasteiger charge is 2.32. The van der Waals surface area contributed by atoms with E-state index in [0.29, 0.717) is 16.5 Å². The second kappa shape index (κ2) is 10.1. The number of ether oxygens (including phenoxy) is 2. The number of carbonyl (C=O) groups is 2. The number of halogens is 2. The lowest BCUT2D eigenvalue weighted by Gasteiger charge is -2.35. The number of hydrazine groups is 1. The molecule has 0 fully saturated rings. The van der Waals surface area contributed by atoms with E-state index >= 15 is 0 Å². The van der Waals surface area contributed by atoms with E-state index in [-0.39, 0.29) is 22.0 Å². The Morgan fingerprint density at radius 1 is 0.970 bits per heavy atom. The number of hydrogen-bond donors (Lipinski definition) is 1. The van der Waals surface area contributed by atoms with Crippen molar-refractivity contribution in [3.05, 3.63) is 82.0 Å². The molecule has 0 unspecified atom stereocenters. The van der Waals surface area contributed by atoms with Crippen molar-refractivity contribution in [2.45, 2.75) is 26.3 Å². The summed E-state index contributed by atoms with van der Waals surface area (Å²) in [5, 5.41) is 1.77. The molecule has 0 saturated heterocycles. The van der Waals surface area contributed by atoms with Crippen LogP contribution in [0.5, 0.6) is 17.4 Å². The standard InChI is InChI=1S/C24H23Cl2N3O4/c1-24(2,3)29(28-21(30)19-14-15(25)7-12-20(19)26)23(31)18-6-5-13-27-22(18)33-17-10-8-16(32-4)9-11-17/h5-14H,1-4H3,(H,28,30). The Morgan fingerprint density at radius 3 is 2.27 bits per heavy atom. The molecule has 2 amide bonds. The average molecular weight is 488 g/mol. The lowest BCUT2D eigenvalue weighted by Crippen LogP contribution is -2.56. The zero-order chi connectivity index (χ0) is 24.2. The van der Waals surface area contributed by atoms with Gasteiger partial charge in [0.2, 0.25) is 5.88 Å². The van der Waals surface area contributed by atoms with E-state index < -0.39 is 17.4 Å². The number of rotatable bonds is 5. The molecule has 3 rings (SSSR count). The van der Waals surface area contributed by atoms with Crippen LogP contribution in [-0.4, -0.2) is 34.5 Å². The highest BCUT2D eigenvalue weighted by atomic mass is 35.5. The number of methoxy groups -OCH3 is 1. The van der Waals surface area contributed by atoms with Crippen molar-refractivity contribution >= 4 is 35.0 Å². The average Bonchev–Trinajstić information content (AvgIpc) is 2.78. The molecule has 0 spiro atoms. The summed E-state index contributed by atoms with van der Waals surface area (Å²) in [5.41, 5.74) is 2.17. The lowest BCUT2D eigenvalue weighted by atomic mass is 10.1. The smallest absolute Gasteiger partial charge is 0.278 e. The van der Waals surface area contributed by atoms with Crippen molar-refractivity contribution < 1.29 is 19.1 Å². The summed E-state index contributed by atoms with van der Waals surface area (Å²) in [5.74, 6) is 0.149. The van der Waals surface area contributed by atoms with Crippen molar-refractivity contribution in [3.63, 3.8) is 0 Å². The van der Waals surface area contributed by atoms with Crippen LogP contribution in [0.2, 0.25) is 10.0 Å². The first-order valence-corrected chi connectivity index (χ1v) is 10.7. The van der Waals surface area contributed by atoms with Gasteiger partial charge in [0.25, 0.3) is 11.8 Å². The zero-order valence-corrected chi connectivity index (χ0v) is 20.1. The molecule has 1 heterocycles. The Kier molecular flexibility index (Phi) is 7.46. The molecule has 0 aliphatic rings. The maximum absolute atomic E-state index is 13.5. The van der Waals surface area contributed by atoms with E-state index in [0.717, 1.165) is 0 Å². The predicted octanol–water partition coefficient (Wildman–Crippen LogP) is 5.78. The largest absolute Gasteiger partial charge is 0.497 e. The van der Waals surface area contributed by atoms with Crippen LogP contribution in [0.25, 0.3) is 0 Å². The molecule has 0 saturated carbocycles. The number of benzene rings is 2. The van der Waals surface area contributed by atoms with E-state index in [1.807, 2.05) is 0 Å². The molecule has 1 aromatic heterocycles. The molecular formula is C24H23Cl2N3O4. The van der Waals surface area contributed by atoms with Gasteiger partial charge in [0, 0.05) is 11.2 Å². The van der Waals surface area contributed by atoms with Crippen LogP contribution in [0, 0.1) is 0 Å². The van der Waals surface area contributed by atoms with Crippen LogP contribution in [0.1, 0.15) is 41.5 Å². The molecule has 1 N–H and O–H groups in total.